The largest absolute Gasteiger partial charge is 0.497 e. The quantitative estimate of drug-likeness (QED) is 0.528. The van der Waals surface area contributed by atoms with Gasteiger partial charge in [-0.15, -0.1) is 0 Å². The first-order chi connectivity index (χ1) is 18.5. The van der Waals surface area contributed by atoms with Gasteiger partial charge >= 0.3 is 6.03 Å². The topological polar surface area (TPSA) is 120 Å². The van der Waals surface area contributed by atoms with E-state index in [1.165, 1.54) is 0 Å². The smallest absolute Gasteiger partial charge is 0.317 e. The van der Waals surface area contributed by atoms with Crippen LogP contribution in [0.15, 0.2) is 47.4 Å². The first-order valence-corrected chi connectivity index (χ1v) is 14.8. The summed E-state index contributed by atoms with van der Waals surface area (Å²) < 4.78 is 40.8. The van der Waals surface area contributed by atoms with Gasteiger partial charge in [0.15, 0.2) is 0 Å². The highest BCUT2D eigenvalue weighted by Gasteiger charge is 2.39. The lowest BCUT2D eigenvalue weighted by molar-refractivity contribution is 0.0241. The van der Waals surface area contributed by atoms with Crippen molar-refractivity contribution in [2.45, 2.75) is 43.7 Å². The van der Waals surface area contributed by atoms with Crippen LogP contribution in [0.25, 0.3) is 11.1 Å². The summed E-state index contributed by atoms with van der Waals surface area (Å²) in [6.45, 7) is 6.11. The number of hydrogen-bond donors (Lipinski definition) is 3. The number of carbonyl (C=O) groups is 1. The van der Waals surface area contributed by atoms with Crippen LogP contribution in [0, 0.1) is 5.41 Å². The van der Waals surface area contributed by atoms with Gasteiger partial charge in [0.25, 0.3) is 0 Å². The second-order valence-electron chi connectivity index (χ2n) is 11.0. The molecule has 1 atom stereocenters. The van der Waals surface area contributed by atoms with Gasteiger partial charge in [0, 0.05) is 44.2 Å². The Morgan fingerprint density at radius 3 is 2.59 bits per heavy atom. The number of urea groups is 1. The monoisotopic (exact) mass is 560 g/mol. The standard InChI is InChI=1S/C28H40N4O6S/c1-20(2)30-27(34)32-12-10-28(11-13-32)18-31(3)17-23(33)16-29-39(35,36)26-9-8-22(15-25(26)38-19-28)21-6-5-7-24(14-21)37-4/h5-9,14-15,20,23,29,33H,10-13,16-19H2,1-4H3,(H,30,34). The molecule has 2 heterocycles. The highest BCUT2D eigenvalue weighted by atomic mass is 32.2. The third-order valence-corrected chi connectivity index (χ3v) is 8.79. The third kappa shape index (κ3) is 7.21. The van der Waals surface area contributed by atoms with Crippen LogP contribution in [0.3, 0.4) is 0 Å². The van der Waals surface area contributed by atoms with Gasteiger partial charge in [0.2, 0.25) is 10.0 Å². The van der Waals surface area contributed by atoms with Crippen molar-refractivity contribution < 1.29 is 27.8 Å². The molecule has 0 aliphatic carbocycles. The zero-order valence-corrected chi connectivity index (χ0v) is 24.0. The SMILES string of the molecule is COc1cccc(-c2ccc3c(c2)OCC2(CCN(C(=O)NC(C)C)CC2)CN(C)CC(O)CNS3(=O)=O)c1. The molecule has 214 valence electrons. The number of ether oxygens (including phenoxy) is 2. The number of rotatable bonds is 3. The number of amides is 2. The minimum atomic E-state index is -3.94. The average molecular weight is 561 g/mol. The van der Waals surface area contributed by atoms with Crippen LogP contribution in [0.1, 0.15) is 26.7 Å². The van der Waals surface area contributed by atoms with Crippen molar-refractivity contribution in [3.63, 3.8) is 0 Å². The molecule has 2 aromatic rings. The normalized spacial score (nSPS) is 21.8. The molecule has 3 N–H and O–H groups in total. The van der Waals surface area contributed by atoms with Crippen molar-refractivity contribution in [2.75, 3.05) is 53.5 Å². The maximum atomic E-state index is 13.3. The summed E-state index contributed by atoms with van der Waals surface area (Å²) in [4.78, 5) is 16.5. The lowest BCUT2D eigenvalue weighted by Crippen LogP contribution is -2.53. The number of methoxy groups -OCH3 is 1. The van der Waals surface area contributed by atoms with Crippen molar-refractivity contribution in [1.82, 2.24) is 19.8 Å². The minimum absolute atomic E-state index is 0.0270. The maximum Gasteiger partial charge on any atom is 0.317 e. The Balaban J connectivity index is 1.67. The van der Waals surface area contributed by atoms with Gasteiger partial charge in [-0.05, 0) is 69.1 Å². The Morgan fingerprint density at radius 2 is 1.90 bits per heavy atom. The van der Waals surface area contributed by atoms with E-state index in [4.69, 9.17) is 9.47 Å². The molecule has 2 amide bonds. The zero-order valence-electron chi connectivity index (χ0n) is 23.1. The highest BCUT2D eigenvalue weighted by Crippen LogP contribution is 2.37. The average Bonchev–Trinajstić information content (AvgIpc) is 2.90. The van der Waals surface area contributed by atoms with E-state index in [-0.39, 0.29) is 41.3 Å². The molecule has 1 fully saturated rings. The summed E-state index contributed by atoms with van der Waals surface area (Å²) in [5.41, 5.74) is 1.33. The van der Waals surface area contributed by atoms with Gasteiger partial charge < -0.3 is 29.7 Å². The van der Waals surface area contributed by atoms with Gasteiger partial charge in [-0.2, -0.15) is 0 Å². The molecule has 2 aliphatic heterocycles. The summed E-state index contributed by atoms with van der Waals surface area (Å²) >= 11 is 0. The molecular formula is C28H40N4O6S. The molecular weight excluding hydrogens is 520 g/mol. The van der Waals surface area contributed by atoms with Crippen molar-refractivity contribution in [1.29, 1.82) is 0 Å². The number of benzene rings is 2. The molecule has 0 radical (unpaired) electrons. The fourth-order valence-electron chi connectivity index (χ4n) is 5.27. The summed E-state index contributed by atoms with van der Waals surface area (Å²) in [5, 5.41) is 13.6. The summed E-state index contributed by atoms with van der Waals surface area (Å²) in [7, 11) is -0.431. The molecule has 0 saturated carbocycles. The van der Waals surface area contributed by atoms with E-state index in [2.05, 4.69) is 10.0 Å². The zero-order chi connectivity index (χ0) is 28.2. The number of aliphatic hydroxyl groups is 1. The van der Waals surface area contributed by atoms with Crippen LogP contribution < -0.4 is 19.5 Å². The number of β-amino-alcohol motifs (C(OH)–C–C–N with tert-alkyl or cyclic N) is 1. The lowest BCUT2D eigenvalue weighted by Gasteiger charge is -2.44. The van der Waals surface area contributed by atoms with Gasteiger partial charge in [0.1, 0.15) is 16.4 Å². The second-order valence-corrected chi connectivity index (χ2v) is 12.7. The predicted molar refractivity (Wildman–Crippen MR) is 150 cm³/mol. The third-order valence-electron chi connectivity index (χ3n) is 7.33. The maximum absolute atomic E-state index is 13.3. The summed E-state index contributed by atoms with van der Waals surface area (Å²) in [5.74, 6) is 0.944. The Morgan fingerprint density at radius 1 is 1.18 bits per heavy atom. The van der Waals surface area contributed by atoms with E-state index in [0.29, 0.717) is 44.8 Å². The van der Waals surface area contributed by atoms with E-state index in [1.54, 1.807) is 25.3 Å². The van der Waals surface area contributed by atoms with E-state index >= 15 is 0 Å². The molecule has 2 aromatic carbocycles. The van der Waals surface area contributed by atoms with Gasteiger partial charge in [-0.3, -0.25) is 0 Å². The van der Waals surface area contributed by atoms with Crippen LogP contribution in [0.4, 0.5) is 4.79 Å². The molecule has 1 saturated heterocycles. The Labute approximate surface area is 231 Å². The second kappa shape index (κ2) is 12.1. The fourth-order valence-corrected chi connectivity index (χ4v) is 6.47. The number of likely N-dealkylation sites (tertiary alicyclic amines) is 1. The van der Waals surface area contributed by atoms with Gasteiger partial charge in [-0.1, -0.05) is 18.2 Å². The molecule has 11 heteroatoms. The van der Waals surface area contributed by atoms with Crippen molar-refractivity contribution >= 4 is 16.1 Å². The minimum Gasteiger partial charge on any atom is -0.497 e. The van der Waals surface area contributed by atoms with Crippen molar-refractivity contribution in [3.8, 4) is 22.6 Å². The van der Waals surface area contributed by atoms with E-state index in [9.17, 15) is 18.3 Å². The van der Waals surface area contributed by atoms with Crippen molar-refractivity contribution in [3.05, 3.63) is 42.5 Å². The number of hydrogen-bond acceptors (Lipinski definition) is 7. The van der Waals surface area contributed by atoms with Crippen LogP contribution in [0.5, 0.6) is 11.5 Å². The Bertz CT molecular complexity index is 1260. The number of fused-ring (bicyclic) bond motifs is 1. The summed E-state index contributed by atoms with van der Waals surface area (Å²) in [6.07, 6.45) is 0.502. The van der Waals surface area contributed by atoms with Crippen LogP contribution in [0.2, 0.25) is 0 Å². The molecule has 0 bridgehead atoms. The molecule has 1 spiro atoms. The van der Waals surface area contributed by atoms with Crippen LogP contribution in [-0.2, 0) is 10.0 Å². The van der Waals surface area contributed by atoms with Gasteiger partial charge in [0.05, 0.1) is 19.8 Å². The molecule has 1 unspecified atom stereocenters. The number of aliphatic hydroxyl groups excluding tert-OH is 1. The van der Waals surface area contributed by atoms with E-state index in [1.807, 2.05) is 55.0 Å². The molecule has 39 heavy (non-hydrogen) atoms. The number of carbonyl (C=O) groups excluding carboxylic acids is 1. The first kappa shape index (κ1) is 29.1. The number of nitrogens with zero attached hydrogens (tertiary/aromatic N) is 2. The molecule has 4 rings (SSSR count). The van der Waals surface area contributed by atoms with E-state index in [0.717, 1.165) is 11.1 Å². The number of sulfonamides is 1. The molecule has 0 aromatic heterocycles. The Kier molecular flexibility index (Phi) is 9.05. The first-order valence-electron chi connectivity index (χ1n) is 13.3. The van der Waals surface area contributed by atoms with Crippen LogP contribution >= 0.6 is 0 Å². The highest BCUT2D eigenvalue weighted by molar-refractivity contribution is 7.89. The van der Waals surface area contributed by atoms with E-state index < -0.39 is 16.1 Å². The predicted octanol–water partition coefficient (Wildman–Crippen LogP) is 2.53. The molecule has 2 aliphatic rings. The number of nitrogens with one attached hydrogen (secondary N) is 2. The van der Waals surface area contributed by atoms with Crippen molar-refractivity contribution in [2.24, 2.45) is 5.41 Å². The fraction of sp³-hybridized carbons (Fsp3) is 0.536. The molecule has 10 nitrogen and oxygen atoms in total. The number of likely N-dealkylation sites (N-methyl/N-ethyl adjacent to an activating group) is 1. The van der Waals surface area contributed by atoms with Gasteiger partial charge in [-0.25, -0.2) is 17.9 Å². The van der Waals surface area contributed by atoms with Crippen LogP contribution in [-0.4, -0.2) is 95.0 Å². The summed E-state index contributed by atoms with van der Waals surface area (Å²) in [6, 6.07) is 12.5. The number of piperidine rings is 1. The Hall–Kier alpha value is -2.86. The lowest BCUT2D eigenvalue weighted by atomic mass is 9.78.